The molecule has 2 N–H and O–H groups in total. The predicted molar refractivity (Wildman–Crippen MR) is 161 cm³/mol. The van der Waals surface area contributed by atoms with E-state index in [1.807, 2.05) is 32.0 Å². The lowest BCUT2D eigenvalue weighted by Gasteiger charge is -2.20. The van der Waals surface area contributed by atoms with Crippen LogP contribution in [0.2, 0.25) is 0 Å². The quantitative estimate of drug-likeness (QED) is 0.163. The van der Waals surface area contributed by atoms with Gasteiger partial charge in [0.15, 0.2) is 5.17 Å². The maximum absolute atomic E-state index is 12.6. The second-order valence-corrected chi connectivity index (χ2v) is 10.4. The highest BCUT2D eigenvalue weighted by Crippen LogP contribution is 2.32. The SMILES string of the molecule is COC(=O)C(CC(=N)c1ccc(C=NN=C2SCC(=O)N2c2c(C)cccc2C)cc1)Nc1ccc(OC(F)(F)F)cc1. The van der Waals surface area contributed by atoms with Gasteiger partial charge in [0.25, 0.3) is 0 Å². The molecule has 1 amide bonds. The van der Waals surface area contributed by atoms with Crippen molar-refractivity contribution in [1.29, 1.82) is 5.41 Å². The Morgan fingerprint density at radius 3 is 2.35 bits per heavy atom. The van der Waals surface area contributed by atoms with E-state index in [2.05, 4.69) is 20.3 Å². The monoisotopic (exact) mass is 611 g/mol. The smallest absolute Gasteiger partial charge is 0.467 e. The minimum atomic E-state index is -4.81. The van der Waals surface area contributed by atoms with Crippen molar-refractivity contribution in [2.24, 2.45) is 10.2 Å². The van der Waals surface area contributed by atoms with Crippen LogP contribution in [0.3, 0.4) is 0 Å². The number of aryl methyl sites for hydroxylation is 2. The first-order valence-corrected chi connectivity index (χ1v) is 13.9. The largest absolute Gasteiger partial charge is 0.573 e. The molecule has 1 aliphatic rings. The summed E-state index contributed by atoms with van der Waals surface area (Å²) in [6, 6.07) is 16.6. The van der Waals surface area contributed by atoms with Crippen LogP contribution in [-0.2, 0) is 14.3 Å². The molecule has 13 heteroatoms. The third-order valence-electron chi connectivity index (χ3n) is 6.36. The van der Waals surface area contributed by atoms with Crippen LogP contribution >= 0.6 is 11.8 Å². The predicted octanol–water partition coefficient (Wildman–Crippen LogP) is 6.08. The van der Waals surface area contributed by atoms with Crippen LogP contribution in [0.4, 0.5) is 24.5 Å². The van der Waals surface area contributed by atoms with Crippen LogP contribution in [0.15, 0.2) is 76.9 Å². The van der Waals surface area contributed by atoms with Gasteiger partial charge in [-0.05, 0) is 60.4 Å². The zero-order chi connectivity index (χ0) is 31.1. The van der Waals surface area contributed by atoms with Crippen LogP contribution in [0, 0.1) is 19.3 Å². The summed E-state index contributed by atoms with van der Waals surface area (Å²) in [6.45, 7) is 3.88. The fourth-order valence-corrected chi connectivity index (χ4v) is 5.15. The number of amides is 1. The number of para-hydroxylation sites is 1. The highest BCUT2D eigenvalue weighted by atomic mass is 32.2. The number of nitrogens with zero attached hydrogens (tertiary/aromatic N) is 3. The zero-order valence-corrected chi connectivity index (χ0v) is 24.3. The first kappa shape index (κ1) is 31.3. The molecular formula is C30H28F3N5O4S. The average molecular weight is 612 g/mol. The number of ether oxygens (including phenoxy) is 2. The molecule has 0 saturated carbocycles. The van der Waals surface area contributed by atoms with Gasteiger partial charge in [0.05, 0.1) is 24.8 Å². The highest BCUT2D eigenvalue weighted by molar-refractivity contribution is 8.15. The Morgan fingerprint density at radius 2 is 1.74 bits per heavy atom. The average Bonchev–Trinajstić information content (AvgIpc) is 3.32. The molecule has 3 aromatic carbocycles. The van der Waals surface area contributed by atoms with E-state index in [-0.39, 0.29) is 23.8 Å². The molecular weight excluding hydrogens is 583 g/mol. The number of amidine groups is 1. The van der Waals surface area contributed by atoms with Gasteiger partial charge in [-0.25, -0.2) is 4.79 Å². The van der Waals surface area contributed by atoms with E-state index in [1.165, 1.54) is 37.2 Å². The first-order valence-electron chi connectivity index (χ1n) is 13.0. The number of hydrogen-bond acceptors (Lipinski definition) is 9. The zero-order valence-electron chi connectivity index (χ0n) is 23.4. The minimum Gasteiger partial charge on any atom is -0.467 e. The normalized spacial score (nSPS) is 15.2. The van der Waals surface area contributed by atoms with Gasteiger partial charge < -0.3 is 20.2 Å². The number of halogens is 3. The molecule has 0 bridgehead atoms. The van der Waals surface area contributed by atoms with Gasteiger partial charge >= 0.3 is 12.3 Å². The maximum Gasteiger partial charge on any atom is 0.573 e. The van der Waals surface area contributed by atoms with E-state index < -0.39 is 24.1 Å². The molecule has 4 rings (SSSR count). The number of hydrogen-bond donors (Lipinski definition) is 2. The number of methoxy groups -OCH3 is 1. The second-order valence-electron chi connectivity index (χ2n) is 9.48. The summed E-state index contributed by atoms with van der Waals surface area (Å²) < 4.78 is 46.0. The van der Waals surface area contributed by atoms with Crippen LogP contribution < -0.4 is 15.0 Å². The molecule has 0 radical (unpaired) electrons. The van der Waals surface area contributed by atoms with Crippen molar-refractivity contribution in [1.82, 2.24) is 0 Å². The van der Waals surface area contributed by atoms with Crippen molar-refractivity contribution >= 4 is 52.1 Å². The van der Waals surface area contributed by atoms with Crippen LogP contribution in [0.5, 0.6) is 5.75 Å². The molecule has 1 fully saturated rings. The minimum absolute atomic E-state index is 0.0476. The molecule has 0 aromatic heterocycles. The lowest BCUT2D eigenvalue weighted by atomic mass is 10.0. The summed E-state index contributed by atoms with van der Waals surface area (Å²) in [5.41, 5.74) is 4.47. The molecule has 0 spiro atoms. The molecule has 9 nitrogen and oxygen atoms in total. The van der Waals surface area contributed by atoms with E-state index in [9.17, 15) is 22.8 Å². The number of rotatable bonds is 10. The van der Waals surface area contributed by atoms with Crippen molar-refractivity contribution in [2.45, 2.75) is 32.7 Å². The number of thioether (sulfide) groups is 1. The Hall–Kier alpha value is -4.65. The first-order chi connectivity index (χ1) is 20.4. The summed E-state index contributed by atoms with van der Waals surface area (Å²) in [5, 5.41) is 20.4. The molecule has 1 aliphatic heterocycles. The van der Waals surface area contributed by atoms with Crippen LogP contribution in [0.1, 0.15) is 28.7 Å². The van der Waals surface area contributed by atoms with Crippen LogP contribution in [-0.4, -0.2) is 54.2 Å². The van der Waals surface area contributed by atoms with Gasteiger partial charge in [-0.15, -0.1) is 18.3 Å². The van der Waals surface area contributed by atoms with E-state index >= 15 is 0 Å². The third-order valence-corrected chi connectivity index (χ3v) is 7.27. The molecule has 1 unspecified atom stereocenters. The van der Waals surface area contributed by atoms with Crippen molar-refractivity contribution < 1.29 is 32.2 Å². The van der Waals surface area contributed by atoms with E-state index in [0.717, 1.165) is 28.9 Å². The van der Waals surface area contributed by atoms with Crippen molar-refractivity contribution in [3.63, 3.8) is 0 Å². The molecule has 1 saturated heterocycles. The molecule has 3 aromatic rings. The number of carbonyl (C=O) groups excluding carboxylic acids is 2. The van der Waals surface area contributed by atoms with Crippen molar-refractivity contribution in [3.05, 3.63) is 89.0 Å². The van der Waals surface area contributed by atoms with Gasteiger partial charge in [-0.1, -0.05) is 54.2 Å². The standard InChI is InChI=1S/C30H28F3N5O4S/c1-18-5-4-6-19(2)27(18)38-26(39)17-43-29(38)37-35-16-20-7-9-21(10-8-20)24(34)15-25(28(40)41-3)36-22-11-13-23(14-12-22)42-30(31,32)33/h4-14,16,25,34,36H,15,17H2,1-3H3. The van der Waals surface area contributed by atoms with Gasteiger partial charge in [0, 0.05) is 17.8 Å². The maximum atomic E-state index is 12.6. The Labute approximate surface area is 250 Å². The van der Waals surface area contributed by atoms with Crippen LogP contribution in [0.25, 0.3) is 0 Å². The van der Waals surface area contributed by atoms with E-state index in [0.29, 0.717) is 22.0 Å². The van der Waals surface area contributed by atoms with Gasteiger partial charge in [0.1, 0.15) is 11.8 Å². The molecule has 1 atom stereocenters. The number of anilines is 2. The van der Waals surface area contributed by atoms with Crippen molar-refractivity contribution in [2.75, 3.05) is 23.1 Å². The summed E-state index contributed by atoms with van der Waals surface area (Å²) in [6.07, 6.45) is -3.32. The van der Waals surface area contributed by atoms with Gasteiger partial charge in [-0.2, -0.15) is 5.10 Å². The number of carbonyl (C=O) groups is 2. The van der Waals surface area contributed by atoms with Gasteiger partial charge in [-0.3, -0.25) is 9.69 Å². The Morgan fingerprint density at radius 1 is 1.09 bits per heavy atom. The lowest BCUT2D eigenvalue weighted by Crippen LogP contribution is -2.33. The molecule has 0 aliphatic carbocycles. The summed E-state index contributed by atoms with van der Waals surface area (Å²) in [7, 11) is 1.21. The fourth-order valence-electron chi connectivity index (χ4n) is 4.34. The topological polar surface area (TPSA) is 116 Å². The third kappa shape index (κ3) is 8.22. The summed E-state index contributed by atoms with van der Waals surface area (Å²) in [4.78, 5) is 26.6. The lowest BCUT2D eigenvalue weighted by molar-refractivity contribution is -0.274. The Balaban J connectivity index is 1.41. The number of alkyl halides is 3. The number of benzene rings is 3. The van der Waals surface area contributed by atoms with Crippen molar-refractivity contribution in [3.8, 4) is 5.75 Å². The summed E-state index contributed by atoms with van der Waals surface area (Å²) in [5.74, 6) is -0.824. The number of esters is 1. The van der Waals surface area contributed by atoms with Gasteiger partial charge in [0.2, 0.25) is 5.91 Å². The number of nitrogens with one attached hydrogen (secondary N) is 2. The fraction of sp³-hybridized carbons (Fsp3) is 0.233. The second kappa shape index (κ2) is 13.6. The highest BCUT2D eigenvalue weighted by Gasteiger charge is 2.32. The summed E-state index contributed by atoms with van der Waals surface area (Å²) >= 11 is 1.31. The Bertz CT molecular complexity index is 1540. The molecule has 1 heterocycles. The molecule has 43 heavy (non-hydrogen) atoms. The van der Waals surface area contributed by atoms with E-state index in [4.69, 9.17) is 10.1 Å². The Kier molecular flexibility index (Phi) is 9.86. The molecule has 224 valence electrons. The van der Waals surface area contributed by atoms with E-state index in [1.54, 1.807) is 29.2 Å².